The standard InChI is InChI=1S/C85H142O5/c1-3-5-7-9-11-13-15-17-19-21-23-25-27-29-31-33-35-37-39-41-42-44-46-48-50-52-54-56-58-60-62-64-66-68-70-72-74-76-78-80-85(88)90-83(81-86)82-89-84(87)79-77-75-73-71-69-67-65-63-61-59-57-55-53-51-49-47-45-43-40-38-36-34-32-30-28-26-24-22-20-18-16-14-12-10-8-6-4-2/h5-8,11-14,17-20,23-26,29,31,35,37,41-42,46,48,52,54,83,86H,3-4,9-10,15-16,21-22,27-28,30,32-34,36,38-40,43-45,47,49-51,53,55-82H2,1-2H3/b7-5-,8-6-,13-11-,14-12-,19-17-,20-18-,25-23-,26-24-,31-29-,37-35-,42-41-,48-46-,54-52-. The van der Waals surface area contributed by atoms with Crippen LogP contribution in [0, 0.1) is 0 Å². The fraction of sp³-hybridized carbons (Fsp3) is 0.671. The van der Waals surface area contributed by atoms with Gasteiger partial charge < -0.3 is 14.6 Å². The summed E-state index contributed by atoms with van der Waals surface area (Å²) in [5.41, 5.74) is 0. The lowest BCUT2D eigenvalue weighted by Gasteiger charge is -2.15. The number of carbonyl (C=O) groups excluding carboxylic acids is 2. The third-order valence-corrected chi connectivity index (χ3v) is 16.3. The Morgan fingerprint density at radius 2 is 0.444 bits per heavy atom. The van der Waals surface area contributed by atoms with E-state index in [0.29, 0.717) is 12.8 Å². The Balaban J connectivity index is 3.48. The number of allylic oxidation sites excluding steroid dienone is 26. The monoisotopic (exact) mass is 1240 g/mol. The Morgan fingerprint density at radius 3 is 0.667 bits per heavy atom. The number of aliphatic hydroxyl groups excluding tert-OH is 1. The maximum Gasteiger partial charge on any atom is 0.306 e. The van der Waals surface area contributed by atoms with Crippen LogP contribution in [0.4, 0.5) is 0 Å². The number of ether oxygens (including phenoxy) is 2. The van der Waals surface area contributed by atoms with Crippen LogP contribution in [0.1, 0.15) is 348 Å². The molecule has 5 heteroatoms. The molecular formula is C85H142O5. The number of rotatable bonds is 69. The number of unbranched alkanes of at least 4 members (excludes halogenated alkanes) is 35. The highest BCUT2D eigenvalue weighted by Gasteiger charge is 2.16. The van der Waals surface area contributed by atoms with E-state index in [2.05, 4.69) is 172 Å². The Kier molecular flexibility index (Phi) is 74.8. The molecule has 0 aliphatic carbocycles. The molecular weight excluding hydrogens is 1100 g/mol. The van der Waals surface area contributed by atoms with Gasteiger partial charge in [-0.3, -0.25) is 9.59 Å². The summed E-state index contributed by atoms with van der Waals surface area (Å²) in [7, 11) is 0. The molecule has 1 N–H and O–H groups in total. The third-order valence-electron chi connectivity index (χ3n) is 16.3. The zero-order valence-corrected chi connectivity index (χ0v) is 58.9. The van der Waals surface area contributed by atoms with E-state index in [1.807, 2.05) is 0 Å². The van der Waals surface area contributed by atoms with Gasteiger partial charge in [-0.25, -0.2) is 0 Å². The van der Waals surface area contributed by atoms with E-state index in [0.717, 1.165) is 122 Å². The first kappa shape index (κ1) is 85.5. The molecule has 0 saturated carbocycles. The number of aliphatic hydroxyl groups is 1. The summed E-state index contributed by atoms with van der Waals surface area (Å²) in [5.74, 6) is -0.587. The fourth-order valence-corrected chi connectivity index (χ4v) is 10.7. The lowest BCUT2D eigenvalue weighted by Crippen LogP contribution is -2.28. The topological polar surface area (TPSA) is 72.8 Å². The maximum absolute atomic E-state index is 12.4. The molecule has 0 heterocycles. The Morgan fingerprint density at radius 1 is 0.256 bits per heavy atom. The second-order valence-electron chi connectivity index (χ2n) is 25.0. The van der Waals surface area contributed by atoms with Gasteiger partial charge in [-0.1, -0.05) is 371 Å². The van der Waals surface area contributed by atoms with Gasteiger partial charge in [0.05, 0.1) is 6.61 Å². The van der Waals surface area contributed by atoms with E-state index in [9.17, 15) is 14.7 Å². The summed E-state index contributed by atoms with van der Waals surface area (Å²) >= 11 is 0. The largest absolute Gasteiger partial charge is 0.462 e. The van der Waals surface area contributed by atoms with Gasteiger partial charge in [0.2, 0.25) is 0 Å². The van der Waals surface area contributed by atoms with E-state index < -0.39 is 6.10 Å². The van der Waals surface area contributed by atoms with E-state index in [1.54, 1.807) is 0 Å². The summed E-state index contributed by atoms with van der Waals surface area (Å²) < 4.78 is 10.8. The number of hydrogen-bond acceptors (Lipinski definition) is 5. The van der Waals surface area contributed by atoms with Crippen molar-refractivity contribution in [3.63, 3.8) is 0 Å². The minimum absolute atomic E-state index is 0.0704. The number of hydrogen-bond donors (Lipinski definition) is 1. The highest BCUT2D eigenvalue weighted by atomic mass is 16.6. The van der Waals surface area contributed by atoms with Crippen molar-refractivity contribution in [2.24, 2.45) is 0 Å². The molecule has 0 spiro atoms. The molecule has 0 radical (unpaired) electrons. The van der Waals surface area contributed by atoms with Gasteiger partial charge in [0.1, 0.15) is 6.61 Å². The summed E-state index contributed by atoms with van der Waals surface area (Å²) in [6, 6.07) is 0. The maximum atomic E-state index is 12.4. The molecule has 5 nitrogen and oxygen atoms in total. The van der Waals surface area contributed by atoms with Gasteiger partial charge in [0.25, 0.3) is 0 Å². The number of esters is 2. The van der Waals surface area contributed by atoms with Gasteiger partial charge in [0, 0.05) is 12.8 Å². The van der Waals surface area contributed by atoms with Gasteiger partial charge in [-0.2, -0.15) is 0 Å². The molecule has 90 heavy (non-hydrogen) atoms. The molecule has 0 rings (SSSR count). The van der Waals surface area contributed by atoms with Crippen LogP contribution in [0.5, 0.6) is 0 Å². The van der Waals surface area contributed by atoms with Crippen LogP contribution in [-0.4, -0.2) is 36.4 Å². The first-order valence-electron chi connectivity index (χ1n) is 38.0. The molecule has 0 bridgehead atoms. The smallest absolute Gasteiger partial charge is 0.306 e. The van der Waals surface area contributed by atoms with Crippen molar-refractivity contribution < 1.29 is 24.2 Å². The van der Waals surface area contributed by atoms with Crippen molar-refractivity contribution in [3.05, 3.63) is 158 Å². The van der Waals surface area contributed by atoms with Gasteiger partial charge in [-0.15, -0.1) is 0 Å². The summed E-state index contributed by atoms with van der Waals surface area (Å²) in [5, 5.41) is 9.72. The normalized spacial score (nSPS) is 13.1. The molecule has 0 aliphatic heterocycles. The van der Waals surface area contributed by atoms with Crippen LogP contribution in [0.2, 0.25) is 0 Å². The van der Waals surface area contributed by atoms with Crippen LogP contribution < -0.4 is 0 Å². The molecule has 1 unspecified atom stereocenters. The molecule has 1 atom stereocenters. The van der Waals surface area contributed by atoms with Crippen LogP contribution in [0.3, 0.4) is 0 Å². The average Bonchev–Trinajstić information content (AvgIpc) is 3.59. The molecule has 0 amide bonds. The quantitative estimate of drug-likeness (QED) is 0.0373. The van der Waals surface area contributed by atoms with Gasteiger partial charge in [0.15, 0.2) is 6.10 Å². The van der Waals surface area contributed by atoms with Crippen LogP contribution in [0.25, 0.3) is 0 Å². The lowest BCUT2D eigenvalue weighted by molar-refractivity contribution is -0.161. The molecule has 0 aromatic rings. The van der Waals surface area contributed by atoms with Crippen molar-refractivity contribution in [2.75, 3.05) is 13.2 Å². The second kappa shape index (κ2) is 78.8. The highest BCUT2D eigenvalue weighted by Crippen LogP contribution is 2.18. The summed E-state index contributed by atoms with van der Waals surface area (Å²) in [6.45, 7) is 3.94. The van der Waals surface area contributed by atoms with E-state index in [-0.39, 0.29) is 25.2 Å². The molecule has 0 aromatic heterocycles. The van der Waals surface area contributed by atoms with Crippen molar-refractivity contribution >= 4 is 11.9 Å². The van der Waals surface area contributed by atoms with Gasteiger partial charge in [-0.05, 0) is 122 Å². The van der Waals surface area contributed by atoms with Crippen molar-refractivity contribution in [1.82, 2.24) is 0 Å². The second-order valence-corrected chi connectivity index (χ2v) is 25.0. The van der Waals surface area contributed by atoms with E-state index >= 15 is 0 Å². The van der Waals surface area contributed by atoms with E-state index in [4.69, 9.17) is 9.47 Å². The SMILES string of the molecule is CC/C=C\C/C=C\C/C=C\C/C=C\C/C=C\C/C=C\C/C=C\C/C=C\C/C=C\CCCCCCCCCCCCCC(=O)OC(CO)COC(=O)CCCCCCCCCCCCCCCCCCCCCCCCCC/C=C\C/C=C\C/C=C\C/C=C\CC. The first-order chi connectivity index (χ1) is 44.6. The lowest BCUT2D eigenvalue weighted by atomic mass is 10.0. The average molecular weight is 1240 g/mol. The minimum Gasteiger partial charge on any atom is -0.462 e. The predicted octanol–water partition coefficient (Wildman–Crippen LogP) is 27.0. The summed E-state index contributed by atoms with van der Waals surface area (Å²) in [4.78, 5) is 24.7. The Bertz CT molecular complexity index is 1900. The first-order valence-corrected chi connectivity index (χ1v) is 38.0. The fourth-order valence-electron chi connectivity index (χ4n) is 10.7. The number of carbonyl (C=O) groups is 2. The van der Waals surface area contributed by atoms with Crippen LogP contribution >= 0.6 is 0 Å². The highest BCUT2D eigenvalue weighted by molar-refractivity contribution is 5.70. The van der Waals surface area contributed by atoms with Crippen molar-refractivity contribution in [3.8, 4) is 0 Å². The zero-order chi connectivity index (χ0) is 64.7. The van der Waals surface area contributed by atoms with Crippen molar-refractivity contribution in [1.29, 1.82) is 0 Å². The molecule has 0 aliphatic rings. The summed E-state index contributed by atoms with van der Waals surface area (Å²) in [6.07, 6.45) is 120. The van der Waals surface area contributed by atoms with Gasteiger partial charge >= 0.3 is 11.9 Å². The Labute approximate surface area is 558 Å². The molecule has 512 valence electrons. The Hall–Kier alpha value is -4.48. The van der Waals surface area contributed by atoms with E-state index in [1.165, 1.54) is 199 Å². The molecule has 0 saturated heterocycles. The minimum atomic E-state index is -0.783. The third kappa shape index (κ3) is 76.0. The van der Waals surface area contributed by atoms with Crippen molar-refractivity contribution in [2.45, 2.75) is 354 Å². The predicted molar refractivity (Wildman–Crippen MR) is 398 cm³/mol. The molecule has 0 fully saturated rings. The zero-order valence-electron chi connectivity index (χ0n) is 58.9. The van der Waals surface area contributed by atoms with Crippen LogP contribution in [-0.2, 0) is 19.1 Å². The molecule has 0 aromatic carbocycles. The van der Waals surface area contributed by atoms with Crippen LogP contribution in [0.15, 0.2) is 158 Å².